The Morgan fingerprint density at radius 2 is 1.97 bits per heavy atom. The molecule has 0 bridgehead atoms. The first-order chi connectivity index (χ1) is 15.9. The van der Waals surface area contributed by atoms with Crippen molar-refractivity contribution in [3.05, 3.63) is 24.3 Å². The number of carbonyl (C=O) groups excluding carboxylic acids is 2. The van der Waals surface area contributed by atoms with E-state index in [0.717, 1.165) is 12.8 Å². The topological polar surface area (TPSA) is 120 Å². The summed E-state index contributed by atoms with van der Waals surface area (Å²) in [4.78, 5) is 24.9. The molecule has 2 rings (SSSR count). The molecule has 0 radical (unpaired) electrons. The highest BCUT2D eigenvalue weighted by Gasteiger charge is 2.22. The molecule has 0 unspecified atom stereocenters. The molecule has 1 aliphatic rings. The predicted molar refractivity (Wildman–Crippen MR) is 121 cm³/mol. The second-order valence-electron chi connectivity index (χ2n) is 7.61. The average molecular weight is 487 g/mol. The molecular weight excluding hydrogens is 452 g/mol. The molecule has 1 fully saturated rings. The van der Waals surface area contributed by atoms with Gasteiger partial charge in [0.05, 0.1) is 38.2 Å². The van der Waals surface area contributed by atoms with Gasteiger partial charge in [0, 0.05) is 32.3 Å². The van der Waals surface area contributed by atoms with Gasteiger partial charge in [-0.2, -0.15) is 0 Å². The Morgan fingerprint density at radius 3 is 2.67 bits per heavy atom. The lowest BCUT2D eigenvalue weighted by molar-refractivity contribution is -0.140. The third-order valence-electron chi connectivity index (χ3n) is 4.89. The fourth-order valence-electron chi connectivity index (χ4n) is 2.86. The second-order valence-corrected chi connectivity index (χ2v) is 9.37. The molecule has 1 amide bonds. The van der Waals surface area contributed by atoms with E-state index < -0.39 is 22.1 Å². The van der Waals surface area contributed by atoms with Gasteiger partial charge in [0.15, 0.2) is 0 Å². The van der Waals surface area contributed by atoms with E-state index in [1.165, 1.54) is 24.1 Å². The Bertz CT molecular complexity index is 858. The smallest absolute Gasteiger partial charge is 0.409 e. The lowest BCUT2D eigenvalue weighted by atomic mass is 10.3. The quantitative estimate of drug-likeness (QED) is 0.279. The highest BCUT2D eigenvalue weighted by atomic mass is 32.2. The van der Waals surface area contributed by atoms with Crippen LogP contribution in [0.2, 0.25) is 0 Å². The minimum Gasteiger partial charge on any atom is -0.493 e. The van der Waals surface area contributed by atoms with Crippen molar-refractivity contribution in [2.24, 2.45) is 5.92 Å². The minimum absolute atomic E-state index is 0.0742. The van der Waals surface area contributed by atoms with E-state index in [-0.39, 0.29) is 37.6 Å². The number of methoxy groups -OCH3 is 1. The molecule has 1 aromatic rings. The zero-order valence-corrected chi connectivity index (χ0v) is 20.1. The van der Waals surface area contributed by atoms with Gasteiger partial charge in [-0.3, -0.25) is 4.79 Å². The number of esters is 1. The first-order valence-corrected chi connectivity index (χ1v) is 12.6. The van der Waals surface area contributed by atoms with E-state index in [1.54, 1.807) is 19.1 Å². The molecule has 0 aromatic heterocycles. The van der Waals surface area contributed by atoms with Crippen molar-refractivity contribution in [2.45, 2.75) is 37.5 Å². The Hall–Kier alpha value is -2.37. The van der Waals surface area contributed by atoms with Crippen LogP contribution in [0, 0.1) is 5.92 Å². The minimum atomic E-state index is -3.67. The molecule has 10 nitrogen and oxygen atoms in total. The highest BCUT2D eigenvalue weighted by Crippen LogP contribution is 2.29. The van der Waals surface area contributed by atoms with Gasteiger partial charge in [-0.05, 0) is 44.2 Å². The van der Waals surface area contributed by atoms with Gasteiger partial charge in [0.2, 0.25) is 10.0 Å². The van der Waals surface area contributed by atoms with Gasteiger partial charge >= 0.3 is 12.1 Å². The molecule has 1 aromatic carbocycles. The van der Waals surface area contributed by atoms with Crippen LogP contribution in [0.15, 0.2) is 29.2 Å². The number of benzene rings is 1. The fraction of sp³-hybridized carbons (Fsp3) is 0.636. The number of nitrogens with zero attached hydrogens (tertiary/aromatic N) is 1. The monoisotopic (exact) mass is 486 g/mol. The van der Waals surface area contributed by atoms with E-state index in [4.69, 9.17) is 14.2 Å². The van der Waals surface area contributed by atoms with Crippen molar-refractivity contribution >= 4 is 22.1 Å². The molecule has 0 aliphatic heterocycles. The number of carbonyl (C=O) groups is 2. The van der Waals surface area contributed by atoms with E-state index in [0.29, 0.717) is 37.8 Å². The van der Waals surface area contributed by atoms with E-state index in [2.05, 4.69) is 9.46 Å². The number of nitrogens with one attached hydrogen (secondary N) is 1. The molecule has 11 heteroatoms. The maximum Gasteiger partial charge on any atom is 0.409 e. The van der Waals surface area contributed by atoms with Gasteiger partial charge in [-0.15, -0.1) is 0 Å². The number of sulfonamides is 1. The van der Waals surface area contributed by atoms with Crippen LogP contribution in [0.25, 0.3) is 0 Å². The second kappa shape index (κ2) is 14.0. The summed E-state index contributed by atoms with van der Waals surface area (Å²) in [7, 11) is -2.38. The maximum atomic E-state index is 12.5. The van der Waals surface area contributed by atoms with Gasteiger partial charge in [0.1, 0.15) is 5.75 Å². The Labute approximate surface area is 195 Å². The average Bonchev–Trinajstić information content (AvgIpc) is 3.63. The van der Waals surface area contributed by atoms with Crippen molar-refractivity contribution in [2.75, 3.05) is 53.2 Å². The molecule has 0 atom stereocenters. The summed E-state index contributed by atoms with van der Waals surface area (Å²) in [5, 5.41) is 0. The van der Waals surface area contributed by atoms with Crippen LogP contribution in [-0.4, -0.2) is 78.6 Å². The largest absolute Gasteiger partial charge is 0.493 e. The lowest BCUT2D eigenvalue weighted by Gasteiger charge is -2.21. The number of amides is 1. The van der Waals surface area contributed by atoms with Crippen LogP contribution in [0.3, 0.4) is 0 Å². The molecule has 1 saturated carbocycles. The predicted octanol–water partition coefficient (Wildman–Crippen LogP) is 2.18. The third kappa shape index (κ3) is 10.4. The van der Waals surface area contributed by atoms with Crippen LogP contribution in [-0.2, 0) is 29.0 Å². The molecule has 1 aliphatic carbocycles. The summed E-state index contributed by atoms with van der Waals surface area (Å²) in [6.45, 7) is 3.70. The number of hydrogen-bond donors (Lipinski definition) is 1. The normalized spacial score (nSPS) is 13.4. The standard InChI is InChI=1S/C22H34N2O8S/c1-3-31-22(26)24(13-10-21(25)29-2)12-5-14-30-15-11-23-33(27,28)20-7-4-6-19(16-20)32-17-18-8-9-18/h4,6-7,16,18,23H,3,5,8-15,17H2,1-2H3. The molecule has 186 valence electrons. The molecule has 1 N–H and O–H groups in total. The Balaban J connectivity index is 1.67. The summed E-state index contributed by atoms with van der Waals surface area (Å²) >= 11 is 0. The maximum absolute atomic E-state index is 12.5. The zero-order valence-electron chi connectivity index (χ0n) is 19.3. The van der Waals surface area contributed by atoms with Gasteiger partial charge in [-0.1, -0.05) is 6.07 Å². The van der Waals surface area contributed by atoms with E-state index >= 15 is 0 Å². The van der Waals surface area contributed by atoms with Crippen molar-refractivity contribution in [1.82, 2.24) is 9.62 Å². The van der Waals surface area contributed by atoms with Crippen LogP contribution < -0.4 is 9.46 Å². The molecule has 0 spiro atoms. The summed E-state index contributed by atoms with van der Waals surface area (Å²) < 4.78 is 48.2. The Kier molecular flexibility index (Phi) is 11.4. The molecule has 0 heterocycles. The number of ether oxygens (including phenoxy) is 4. The van der Waals surface area contributed by atoms with Gasteiger partial charge in [-0.25, -0.2) is 17.9 Å². The first kappa shape index (κ1) is 26.9. The van der Waals surface area contributed by atoms with Crippen LogP contribution in [0.1, 0.15) is 32.6 Å². The Morgan fingerprint density at radius 1 is 1.18 bits per heavy atom. The molecule has 33 heavy (non-hydrogen) atoms. The fourth-order valence-corrected chi connectivity index (χ4v) is 3.91. The van der Waals surface area contributed by atoms with E-state index in [1.807, 2.05) is 0 Å². The van der Waals surface area contributed by atoms with Gasteiger partial charge < -0.3 is 23.8 Å². The third-order valence-corrected chi connectivity index (χ3v) is 6.35. The van der Waals surface area contributed by atoms with Crippen molar-refractivity contribution in [1.29, 1.82) is 0 Å². The van der Waals surface area contributed by atoms with Crippen LogP contribution in [0.4, 0.5) is 4.79 Å². The number of rotatable bonds is 16. The molecular formula is C22H34N2O8S. The van der Waals surface area contributed by atoms with Crippen molar-refractivity contribution < 1.29 is 37.0 Å². The van der Waals surface area contributed by atoms with Crippen molar-refractivity contribution in [3.8, 4) is 5.75 Å². The zero-order chi connectivity index (χ0) is 24.1. The number of hydrogen-bond acceptors (Lipinski definition) is 8. The van der Waals surface area contributed by atoms with Crippen LogP contribution >= 0.6 is 0 Å². The SMILES string of the molecule is CCOC(=O)N(CCCOCCNS(=O)(=O)c1cccc(OCC2CC2)c1)CCC(=O)OC. The highest BCUT2D eigenvalue weighted by molar-refractivity contribution is 7.89. The summed E-state index contributed by atoms with van der Waals surface area (Å²) in [5.41, 5.74) is 0. The first-order valence-electron chi connectivity index (χ1n) is 11.1. The summed E-state index contributed by atoms with van der Waals surface area (Å²) in [5.74, 6) is 0.713. The summed E-state index contributed by atoms with van der Waals surface area (Å²) in [6.07, 6.45) is 2.40. The van der Waals surface area contributed by atoms with Crippen LogP contribution in [0.5, 0.6) is 5.75 Å². The van der Waals surface area contributed by atoms with Gasteiger partial charge in [0.25, 0.3) is 0 Å². The summed E-state index contributed by atoms with van der Waals surface area (Å²) in [6, 6.07) is 6.44. The molecule has 0 saturated heterocycles. The van der Waals surface area contributed by atoms with E-state index in [9.17, 15) is 18.0 Å². The van der Waals surface area contributed by atoms with Crippen molar-refractivity contribution in [3.63, 3.8) is 0 Å². The lowest BCUT2D eigenvalue weighted by Crippen LogP contribution is -2.35.